The molecule has 0 aromatic heterocycles. The van der Waals surface area contributed by atoms with Crippen molar-refractivity contribution in [3.05, 3.63) is 66.0 Å². The average Bonchev–Trinajstić information content (AvgIpc) is 2.91. The highest BCUT2D eigenvalue weighted by molar-refractivity contribution is 6.36. The van der Waals surface area contributed by atoms with Gasteiger partial charge in [0.15, 0.2) is 0 Å². The molecular formula is C30H40FN5O4. The average molecular weight is 554 g/mol. The summed E-state index contributed by atoms with van der Waals surface area (Å²) in [5, 5.41) is 5.78. The Morgan fingerprint density at radius 1 is 0.975 bits per heavy atom. The second-order valence-corrected chi connectivity index (χ2v) is 11.2. The molecule has 0 radical (unpaired) electrons. The van der Waals surface area contributed by atoms with Gasteiger partial charge in [-0.15, -0.1) is 0 Å². The van der Waals surface area contributed by atoms with Crippen LogP contribution in [0.2, 0.25) is 0 Å². The van der Waals surface area contributed by atoms with E-state index in [1.165, 1.54) is 34.1 Å². The van der Waals surface area contributed by atoms with Gasteiger partial charge >= 0.3 is 11.8 Å². The number of nitrogens with two attached hydrogens (primary N) is 1. The Balaban J connectivity index is 1.73. The molecule has 1 heterocycles. The molecule has 0 saturated carbocycles. The first-order valence-corrected chi connectivity index (χ1v) is 13.6. The standard InChI is InChI=1S/C30H40FN5O4/c1-19(2)35-15-16-36(28(39)27(35)38)30(4,5)29(40)34-25(18-21-9-7-6-8-10-21)24(32)17-20(3)26(37)33-23-13-11-22(31)12-14-23/h6-14,19-20,24-25H,15-18,32H2,1-5H3,(H,33,37)(H,34,40)/t20-,24+,25+/m1/s1. The molecule has 0 bridgehead atoms. The van der Waals surface area contributed by atoms with Gasteiger partial charge in [0.05, 0.1) is 0 Å². The highest BCUT2D eigenvalue weighted by Crippen LogP contribution is 2.22. The van der Waals surface area contributed by atoms with Crippen LogP contribution < -0.4 is 16.4 Å². The van der Waals surface area contributed by atoms with E-state index in [1.807, 2.05) is 44.2 Å². The molecule has 2 aromatic carbocycles. The summed E-state index contributed by atoms with van der Waals surface area (Å²) in [5.41, 5.74) is 6.71. The van der Waals surface area contributed by atoms with E-state index in [-0.39, 0.29) is 24.9 Å². The van der Waals surface area contributed by atoms with E-state index in [9.17, 15) is 23.6 Å². The molecule has 1 fully saturated rings. The molecule has 40 heavy (non-hydrogen) atoms. The maximum absolute atomic E-state index is 13.6. The molecule has 9 nitrogen and oxygen atoms in total. The van der Waals surface area contributed by atoms with E-state index in [4.69, 9.17) is 5.73 Å². The fraction of sp³-hybridized carbons (Fsp3) is 0.467. The summed E-state index contributed by atoms with van der Waals surface area (Å²) in [6.45, 7) is 9.23. The van der Waals surface area contributed by atoms with Crippen LogP contribution in [-0.2, 0) is 25.6 Å². The number of halogens is 1. The molecule has 3 atom stereocenters. The number of hydrogen-bond acceptors (Lipinski definition) is 5. The van der Waals surface area contributed by atoms with Crippen molar-refractivity contribution in [2.45, 2.75) is 71.1 Å². The van der Waals surface area contributed by atoms with Crippen molar-refractivity contribution in [2.24, 2.45) is 11.7 Å². The second kappa shape index (κ2) is 13.0. The van der Waals surface area contributed by atoms with Crippen molar-refractivity contribution in [2.75, 3.05) is 18.4 Å². The first kappa shape index (κ1) is 30.7. The molecule has 10 heteroatoms. The van der Waals surface area contributed by atoms with Gasteiger partial charge in [0.1, 0.15) is 11.4 Å². The SMILES string of the molecule is CC(C)N1CCN(C(C)(C)C(=O)N[C@@H](Cc2ccccc2)[C@@H](N)C[C@@H](C)C(=O)Nc2ccc(F)cc2)C(=O)C1=O. The van der Waals surface area contributed by atoms with Crippen LogP contribution in [0.5, 0.6) is 0 Å². The molecule has 2 aromatic rings. The fourth-order valence-electron chi connectivity index (χ4n) is 4.80. The van der Waals surface area contributed by atoms with Gasteiger partial charge in [-0.3, -0.25) is 19.2 Å². The molecular weight excluding hydrogens is 513 g/mol. The van der Waals surface area contributed by atoms with Gasteiger partial charge in [-0.25, -0.2) is 4.39 Å². The zero-order valence-electron chi connectivity index (χ0n) is 23.8. The summed E-state index contributed by atoms with van der Waals surface area (Å²) < 4.78 is 13.2. The van der Waals surface area contributed by atoms with Crippen molar-refractivity contribution in [3.8, 4) is 0 Å². The monoisotopic (exact) mass is 553 g/mol. The normalized spacial score (nSPS) is 16.5. The van der Waals surface area contributed by atoms with Crippen molar-refractivity contribution >= 4 is 29.3 Å². The van der Waals surface area contributed by atoms with E-state index < -0.39 is 47.1 Å². The van der Waals surface area contributed by atoms with E-state index in [0.29, 0.717) is 18.7 Å². The van der Waals surface area contributed by atoms with Crippen LogP contribution in [0.25, 0.3) is 0 Å². The van der Waals surface area contributed by atoms with Gasteiger partial charge in [-0.1, -0.05) is 37.3 Å². The molecule has 1 aliphatic heterocycles. The molecule has 0 aliphatic carbocycles. The largest absolute Gasteiger partial charge is 0.349 e. The van der Waals surface area contributed by atoms with E-state index in [0.717, 1.165) is 5.56 Å². The van der Waals surface area contributed by atoms with Gasteiger partial charge < -0.3 is 26.2 Å². The lowest BCUT2D eigenvalue weighted by Gasteiger charge is -2.43. The highest BCUT2D eigenvalue weighted by atomic mass is 19.1. The van der Waals surface area contributed by atoms with Crippen LogP contribution in [0.4, 0.5) is 10.1 Å². The summed E-state index contributed by atoms with van der Waals surface area (Å²) in [7, 11) is 0. The number of benzene rings is 2. The van der Waals surface area contributed by atoms with Crippen LogP contribution in [0.1, 0.15) is 46.6 Å². The number of hydrogen-bond donors (Lipinski definition) is 3. The number of amides is 4. The van der Waals surface area contributed by atoms with Gasteiger partial charge in [0.2, 0.25) is 11.8 Å². The lowest BCUT2D eigenvalue weighted by atomic mass is 9.90. The minimum Gasteiger partial charge on any atom is -0.349 e. The first-order valence-electron chi connectivity index (χ1n) is 13.6. The van der Waals surface area contributed by atoms with E-state index in [2.05, 4.69) is 10.6 Å². The van der Waals surface area contributed by atoms with Crippen LogP contribution in [-0.4, -0.2) is 70.2 Å². The highest BCUT2D eigenvalue weighted by Gasteiger charge is 2.45. The van der Waals surface area contributed by atoms with Crippen LogP contribution in [0, 0.1) is 11.7 Å². The minimum atomic E-state index is -1.31. The fourth-order valence-corrected chi connectivity index (χ4v) is 4.80. The topological polar surface area (TPSA) is 125 Å². The van der Waals surface area contributed by atoms with Crippen LogP contribution >= 0.6 is 0 Å². The molecule has 0 spiro atoms. The van der Waals surface area contributed by atoms with Gasteiger partial charge in [-0.05, 0) is 70.4 Å². The summed E-state index contributed by atoms with van der Waals surface area (Å²) in [5.74, 6) is -2.96. The Labute approximate surface area is 235 Å². The van der Waals surface area contributed by atoms with Gasteiger partial charge in [0, 0.05) is 42.8 Å². The van der Waals surface area contributed by atoms with Crippen molar-refractivity contribution in [1.29, 1.82) is 0 Å². The number of nitrogens with zero attached hydrogens (tertiary/aromatic N) is 2. The molecule has 4 amide bonds. The first-order chi connectivity index (χ1) is 18.8. The lowest BCUT2D eigenvalue weighted by Crippen LogP contribution is -2.67. The number of rotatable bonds is 11. The lowest BCUT2D eigenvalue weighted by molar-refractivity contribution is -0.163. The zero-order valence-corrected chi connectivity index (χ0v) is 23.8. The maximum atomic E-state index is 13.6. The Kier molecular flexibility index (Phi) is 10.0. The summed E-state index contributed by atoms with van der Waals surface area (Å²) in [6, 6.07) is 13.7. The van der Waals surface area contributed by atoms with Crippen molar-refractivity contribution in [3.63, 3.8) is 0 Å². The second-order valence-electron chi connectivity index (χ2n) is 11.2. The quantitative estimate of drug-likeness (QED) is 0.369. The van der Waals surface area contributed by atoms with E-state index in [1.54, 1.807) is 20.8 Å². The van der Waals surface area contributed by atoms with Gasteiger partial charge in [-0.2, -0.15) is 0 Å². The smallest absolute Gasteiger partial charge is 0.313 e. The number of nitrogens with one attached hydrogen (secondary N) is 2. The molecule has 0 unspecified atom stereocenters. The summed E-state index contributed by atoms with van der Waals surface area (Å²) >= 11 is 0. The summed E-state index contributed by atoms with van der Waals surface area (Å²) in [4.78, 5) is 54.9. The Morgan fingerprint density at radius 3 is 2.20 bits per heavy atom. The third kappa shape index (κ3) is 7.44. The molecule has 216 valence electrons. The Bertz CT molecular complexity index is 1200. The maximum Gasteiger partial charge on any atom is 0.313 e. The number of anilines is 1. The predicted molar refractivity (Wildman–Crippen MR) is 152 cm³/mol. The number of carbonyl (C=O) groups excluding carboxylic acids is 4. The molecule has 4 N–H and O–H groups in total. The van der Waals surface area contributed by atoms with Crippen molar-refractivity contribution < 1.29 is 23.6 Å². The molecule has 1 aliphatic rings. The van der Waals surface area contributed by atoms with Crippen LogP contribution in [0.3, 0.4) is 0 Å². The zero-order chi connectivity index (χ0) is 29.6. The Morgan fingerprint density at radius 2 is 1.60 bits per heavy atom. The van der Waals surface area contributed by atoms with Crippen LogP contribution in [0.15, 0.2) is 54.6 Å². The molecule has 1 saturated heterocycles. The summed E-state index contributed by atoms with van der Waals surface area (Å²) in [6.07, 6.45) is 0.667. The number of carbonyl (C=O) groups is 4. The van der Waals surface area contributed by atoms with Crippen molar-refractivity contribution in [1.82, 2.24) is 15.1 Å². The third-order valence-electron chi connectivity index (χ3n) is 7.42. The predicted octanol–water partition coefficient (Wildman–Crippen LogP) is 2.70. The van der Waals surface area contributed by atoms with Gasteiger partial charge in [0.25, 0.3) is 0 Å². The van der Waals surface area contributed by atoms with E-state index >= 15 is 0 Å². The third-order valence-corrected chi connectivity index (χ3v) is 7.42. The molecule has 3 rings (SSSR count). The minimum absolute atomic E-state index is 0.119. The number of piperazine rings is 1. The Hall–Kier alpha value is -3.79.